The van der Waals surface area contributed by atoms with Crippen molar-refractivity contribution in [2.24, 2.45) is 5.92 Å². The first kappa shape index (κ1) is 12.0. The molecule has 2 heteroatoms. The summed E-state index contributed by atoms with van der Waals surface area (Å²) in [4.78, 5) is 0. The van der Waals surface area contributed by atoms with Gasteiger partial charge in [0.1, 0.15) is 0 Å². The molecule has 96 valence electrons. The summed E-state index contributed by atoms with van der Waals surface area (Å²) < 4.78 is 0. The Morgan fingerprint density at radius 1 is 1.00 bits per heavy atom. The monoisotopic (exact) mass is 250 g/mol. The number of hydrogen-bond donors (Lipinski definition) is 1. The lowest BCUT2D eigenvalue weighted by Gasteiger charge is -2.28. The molecule has 1 aliphatic carbocycles. The van der Waals surface area contributed by atoms with Gasteiger partial charge in [-0.25, -0.2) is 0 Å². The maximum atomic E-state index is 9.22. The molecule has 3 rings (SSSR count). The Morgan fingerprint density at radius 2 is 1.79 bits per heavy atom. The van der Waals surface area contributed by atoms with Crippen LogP contribution >= 0.6 is 0 Å². The van der Waals surface area contributed by atoms with Crippen molar-refractivity contribution in [1.29, 1.82) is 5.26 Å². The van der Waals surface area contributed by atoms with Crippen molar-refractivity contribution >= 4 is 16.5 Å². The van der Waals surface area contributed by atoms with Gasteiger partial charge < -0.3 is 5.32 Å². The van der Waals surface area contributed by atoms with Gasteiger partial charge in [0.15, 0.2) is 0 Å². The van der Waals surface area contributed by atoms with Crippen molar-refractivity contribution in [3.8, 4) is 6.07 Å². The van der Waals surface area contributed by atoms with Gasteiger partial charge in [-0.2, -0.15) is 5.26 Å². The van der Waals surface area contributed by atoms with Crippen molar-refractivity contribution < 1.29 is 0 Å². The van der Waals surface area contributed by atoms with Gasteiger partial charge in [0.25, 0.3) is 0 Å². The molecule has 2 aromatic carbocycles. The van der Waals surface area contributed by atoms with Crippen LogP contribution in [0.3, 0.4) is 0 Å². The van der Waals surface area contributed by atoms with Gasteiger partial charge in [0.2, 0.25) is 0 Å². The van der Waals surface area contributed by atoms with Gasteiger partial charge in [-0.15, -0.1) is 0 Å². The van der Waals surface area contributed by atoms with Crippen LogP contribution in [0.15, 0.2) is 42.5 Å². The highest BCUT2D eigenvalue weighted by molar-refractivity contribution is 5.85. The highest BCUT2D eigenvalue weighted by Crippen LogP contribution is 2.28. The van der Waals surface area contributed by atoms with Crippen LogP contribution in [0, 0.1) is 17.2 Å². The van der Waals surface area contributed by atoms with Gasteiger partial charge in [0, 0.05) is 11.7 Å². The molecule has 0 aliphatic heterocycles. The van der Waals surface area contributed by atoms with Crippen LogP contribution in [-0.2, 0) is 0 Å². The molecule has 2 unspecified atom stereocenters. The number of hydrogen-bond acceptors (Lipinski definition) is 2. The fraction of sp³-hybridized carbons (Fsp3) is 0.353. The molecule has 0 saturated heterocycles. The van der Waals surface area contributed by atoms with Crippen LogP contribution in [0.1, 0.15) is 25.7 Å². The van der Waals surface area contributed by atoms with Crippen LogP contribution in [0.25, 0.3) is 10.8 Å². The van der Waals surface area contributed by atoms with Gasteiger partial charge in [-0.05, 0) is 35.7 Å². The predicted octanol–water partition coefficient (Wildman–Crippen LogP) is 4.33. The summed E-state index contributed by atoms with van der Waals surface area (Å²) in [6.45, 7) is 0. The first-order valence-electron chi connectivity index (χ1n) is 7.02. The molecule has 0 heterocycles. The Labute approximate surface area is 114 Å². The van der Waals surface area contributed by atoms with Crippen molar-refractivity contribution in [2.75, 3.05) is 5.32 Å². The van der Waals surface area contributed by atoms with E-state index in [9.17, 15) is 5.26 Å². The molecule has 1 N–H and O–H groups in total. The molecule has 0 radical (unpaired) electrons. The molecule has 1 saturated carbocycles. The minimum atomic E-state index is 0.153. The topological polar surface area (TPSA) is 35.8 Å². The molecule has 1 fully saturated rings. The minimum Gasteiger partial charge on any atom is -0.381 e. The molecule has 0 bridgehead atoms. The van der Waals surface area contributed by atoms with Crippen molar-refractivity contribution in [3.63, 3.8) is 0 Å². The number of nitrogens with one attached hydrogen (secondary N) is 1. The average molecular weight is 250 g/mol. The highest BCUT2D eigenvalue weighted by Gasteiger charge is 2.24. The zero-order valence-electron chi connectivity index (χ0n) is 11.0. The van der Waals surface area contributed by atoms with Crippen molar-refractivity contribution in [1.82, 2.24) is 0 Å². The quantitative estimate of drug-likeness (QED) is 0.860. The SMILES string of the molecule is N#CC1CCCCC1Nc1ccc2ccccc2c1. The van der Waals surface area contributed by atoms with Crippen LogP contribution in [0.5, 0.6) is 0 Å². The van der Waals surface area contributed by atoms with Crippen LogP contribution in [0.2, 0.25) is 0 Å². The molecule has 0 aromatic heterocycles. The van der Waals surface area contributed by atoms with E-state index in [-0.39, 0.29) is 5.92 Å². The molecule has 2 atom stereocenters. The van der Waals surface area contributed by atoms with Crippen molar-refractivity contribution in [3.05, 3.63) is 42.5 Å². The second-order valence-corrected chi connectivity index (χ2v) is 5.33. The fourth-order valence-electron chi connectivity index (χ4n) is 2.95. The molecule has 1 aliphatic rings. The number of nitrogens with zero attached hydrogens (tertiary/aromatic N) is 1. The molecule has 19 heavy (non-hydrogen) atoms. The van der Waals surface area contributed by atoms with E-state index >= 15 is 0 Å². The van der Waals surface area contributed by atoms with Crippen LogP contribution < -0.4 is 5.32 Å². The Kier molecular flexibility index (Phi) is 3.37. The standard InChI is InChI=1S/C17H18N2/c18-12-15-7-3-4-8-17(15)19-16-10-9-13-5-1-2-6-14(13)11-16/h1-2,5-6,9-11,15,17,19H,3-4,7-8H2. The summed E-state index contributed by atoms with van der Waals surface area (Å²) in [5.74, 6) is 0.153. The third-order valence-electron chi connectivity index (χ3n) is 4.03. The summed E-state index contributed by atoms with van der Waals surface area (Å²) >= 11 is 0. The van der Waals surface area contributed by atoms with E-state index in [1.807, 2.05) is 0 Å². The summed E-state index contributed by atoms with van der Waals surface area (Å²) in [6.07, 6.45) is 4.55. The maximum absolute atomic E-state index is 9.22. The third kappa shape index (κ3) is 2.56. The Hall–Kier alpha value is -2.01. The normalized spacial score (nSPS) is 22.9. The van der Waals surface area contributed by atoms with E-state index < -0.39 is 0 Å². The van der Waals surface area contributed by atoms with Gasteiger partial charge in [0.05, 0.1) is 12.0 Å². The van der Waals surface area contributed by atoms with Gasteiger partial charge in [-0.1, -0.05) is 43.2 Å². The number of benzene rings is 2. The second kappa shape index (κ2) is 5.32. The molecule has 2 nitrogen and oxygen atoms in total. The van der Waals surface area contributed by atoms with E-state index in [4.69, 9.17) is 0 Å². The average Bonchev–Trinajstić information content (AvgIpc) is 2.48. The Balaban J connectivity index is 1.82. The fourth-order valence-corrected chi connectivity index (χ4v) is 2.95. The lowest BCUT2D eigenvalue weighted by atomic mass is 9.85. The lowest BCUT2D eigenvalue weighted by molar-refractivity contribution is 0.389. The number of anilines is 1. The van der Waals surface area contributed by atoms with Crippen molar-refractivity contribution in [2.45, 2.75) is 31.7 Å². The molecular weight excluding hydrogens is 232 g/mol. The first-order valence-corrected chi connectivity index (χ1v) is 7.02. The van der Waals surface area contributed by atoms with E-state index in [2.05, 4.69) is 53.9 Å². The second-order valence-electron chi connectivity index (χ2n) is 5.33. The number of nitriles is 1. The zero-order valence-corrected chi connectivity index (χ0v) is 11.0. The lowest BCUT2D eigenvalue weighted by Crippen LogP contribution is -2.31. The molecule has 0 spiro atoms. The Bertz CT molecular complexity index is 612. The predicted molar refractivity (Wildman–Crippen MR) is 78.9 cm³/mol. The molecular formula is C17H18N2. The summed E-state index contributed by atoms with van der Waals surface area (Å²) in [6, 6.07) is 17.6. The zero-order chi connectivity index (χ0) is 13.1. The smallest absolute Gasteiger partial charge is 0.0677 e. The minimum absolute atomic E-state index is 0.153. The highest BCUT2D eigenvalue weighted by atomic mass is 14.9. The van der Waals surface area contributed by atoms with Gasteiger partial charge >= 0.3 is 0 Å². The van der Waals surface area contributed by atoms with Crippen LogP contribution in [0.4, 0.5) is 5.69 Å². The van der Waals surface area contributed by atoms with E-state index in [1.54, 1.807) is 0 Å². The molecule has 0 amide bonds. The first-order chi connectivity index (χ1) is 9.36. The largest absolute Gasteiger partial charge is 0.381 e. The summed E-state index contributed by atoms with van der Waals surface area (Å²) in [5.41, 5.74) is 1.13. The van der Waals surface area contributed by atoms with Gasteiger partial charge in [-0.3, -0.25) is 0 Å². The maximum Gasteiger partial charge on any atom is 0.0677 e. The number of fused-ring (bicyclic) bond motifs is 1. The molecule has 2 aromatic rings. The number of rotatable bonds is 2. The third-order valence-corrected chi connectivity index (χ3v) is 4.03. The van der Waals surface area contributed by atoms with E-state index in [0.29, 0.717) is 6.04 Å². The summed E-state index contributed by atoms with van der Waals surface area (Å²) in [5, 5.41) is 15.3. The van der Waals surface area contributed by atoms with E-state index in [1.165, 1.54) is 23.6 Å². The summed E-state index contributed by atoms with van der Waals surface area (Å²) in [7, 11) is 0. The Morgan fingerprint density at radius 3 is 2.63 bits per heavy atom. The van der Waals surface area contributed by atoms with E-state index in [0.717, 1.165) is 18.5 Å². The van der Waals surface area contributed by atoms with Crippen LogP contribution in [-0.4, -0.2) is 6.04 Å².